The number of sulfone groups is 1. The van der Waals surface area contributed by atoms with E-state index < -0.39 is 27.5 Å². The molecule has 4 rings (SSSR count). The average Bonchev–Trinajstić information content (AvgIpc) is 3.21. The molecule has 6 nitrogen and oxygen atoms in total. The third kappa shape index (κ3) is 4.03. The van der Waals surface area contributed by atoms with Gasteiger partial charge < -0.3 is 5.32 Å². The smallest absolute Gasteiger partial charge is 0.321 e. The lowest BCUT2D eigenvalue weighted by molar-refractivity contribution is -0.137. The van der Waals surface area contributed by atoms with Crippen molar-refractivity contribution >= 4 is 21.4 Å². The Kier molecular flexibility index (Phi) is 4.92. The molecule has 0 saturated carbocycles. The highest BCUT2D eigenvalue weighted by Gasteiger charge is 2.35. The molecule has 1 atom stereocenters. The van der Waals surface area contributed by atoms with Crippen molar-refractivity contribution in [1.82, 2.24) is 9.78 Å². The summed E-state index contributed by atoms with van der Waals surface area (Å²) in [6.45, 7) is 0. The van der Waals surface area contributed by atoms with Crippen LogP contribution in [0.1, 0.15) is 52.6 Å². The van der Waals surface area contributed by atoms with Gasteiger partial charge in [-0.25, -0.2) is 8.42 Å². The van der Waals surface area contributed by atoms with Gasteiger partial charge in [-0.2, -0.15) is 18.3 Å². The molecule has 2 aromatic rings. The zero-order valence-electron chi connectivity index (χ0n) is 15.5. The van der Waals surface area contributed by atoms with Gasteiger partial charge in [0.15, 0.2) is 15.5 Å². The van der Waals surface area contributed by atoms with Gasteiger partial charge in [-0.15, -0.1) is 0 Å². The number of fused-ring (bicyclic) bond motifs is 1. The second kappa shape index (κ2) is 7.16. The lowest BCUT2D eigenvalue weighted by Gasteiger charge is -2.17. The fourth-order valence-corrected chi connectivity index (χ4v) is 5.73. The van der Waals surface area contributed by atoms with Gasteiger partial charge in [0.2, 0.25) is 0 Å². The van der Waals surface area contributed by atoms with Crippen molar-refractivity contribution in [3.05, 3.63) is 46.8 Å². The van der Waals surface area contributed by atoms with Crippen molar-refractivity contribution < 1.29 is 26.4 Å². The van der Waals surface area contributed by atoms with Gasteiger partial charge >= 0.3 is 6.18 Å². The molecule has 0 radical (unpaired) electrons. The predicted octanol–water partition coefficient (Wildman–Crippen LogP) is 3.39. The standard InChI is InChI=1S/C19H20F3N3O3S/c20-19(21,22)12-4-3-5-13(10-12)23-18(26)17-15-6-1-2-7-16(15)25(24-17)14-8-9-29(27,28)11-14/h3-5,10,14H,1-2,6-9,11H2,(H,23,26)/t14-/m1/s1. The molecule has 1 N–H and O–H groups in total. The molecule has 1 fully saturated rings. The molecule has 1 aromatic carbocycles. The number of hydrogen-bond donors (Lipinski definition) is 1. The predicted molar refractivity (Wildman–Crippen MR) is 101 cm³/mol. The van der Waals surface area contributed by atoms with E-state index in [1.165, 1.54) is 12.1 Å². The monoisotopic (exact) mass is 427 g/mol. The van der Waals surface area contributed by atoms with Gasteiger partial charge in [-0.3, -0.25) is 9.48 Å². The maximum absolute atomic E-state index is 12.9. The molecule has 1 aliphatic carbocycles. The molecular formula is C19H20F3N3O3S. The van der Waals surface area contributed by atoms with Crippen LogP contribution >= 0.6 is 0 Å². The van der Waals surface area contributed by atoms with Crippen molar-refractivity contribution in [2.24, 2.45) is 0 Å². The number of carbonyl (C=O) groups is 1. The van der Waals surface area contributed by atoms with E-state index in [2.05, 4.69) is 10.4 Å². The molecule has 29 heavy (non-hydrogen) atoms. The zero-order chi connectivity index (χ0) is 20.8. The number of benzene rings is 1. The van der Waals surface area contributed by atoms with Crippen molar-refractivity contribution in [3.8, 4) is 0 Å². The molecule has 156 valence electrons. The molecule has 1 aromatic heterocycles. The van der Waals surface area contributed by atoms with Crippen LogP contribution in [0.2, 0.25) is 0 Å². The van der Waals surface area contributed by atoms with Crippen LogP contribution in [0.3, 0.4) is 0 Å². The van der Waals surface area contributed by atoms with Gasteiger partial charge in [0.05, 0.1) is 23.1 Å². The third-order valence-corrected chi connectivity index (χ3v) is 7.18. The van der Waals surface area contributed by atoms with Crippen LogP contribution in [0.4, 0.5) is 18.9 Å². The van der Waals surface area contributed by atoms with E-state index in [1.807, 2.05) is 0 Å². The number of hydrogen-bond acceptors (Lipinski definition) is 4. The average molecular weight is 427 g/mol. The van der Waals surface area contributed by atoms with Crippen molar-refractivity contribution in [1.29, 1.82) is 0 Å². The molecule has 1 amide bonds. The van der Waals surface area contributed by atoms with Gasteiger partial charge in [0.1, 0.15) is 0 Å². The van der Waals surface area contributed by atoms with E-state index >= 15 is 0 Å². The molecule has 0 bridgehead atoms. The minimum absolute atomic E-state index is 0.00416. The number of rotatable bonds is 3. The van der Waals surface area contributed by atoms with Crippen LogP contribution in [-0.4, -0.2) is 35.6 Å². The maximum atomic E-state index is 12.9. The van der Waals surface area contributed by atoms with E-state index in [1.54, 1.807) is 4.68 Å². The maximum Gasteiger partial charge on any atom is 0.416 e. The highest BCUT2D eigenvalue weighted by atomic mass is 32.2. The van der Waals surface area contributed by atoms with Crippen LogP contribution in [0.15, 0.2) is 24.3 Å². The lowest BCUT2D eigenvalue weighted by Crippen LogP contribution is -2.17. The Bertz CT molecular complexity index is 1060. The normalized spacial score (nSPS) is 21.0. The summed E-state index contributed by atoms with van der Waals surface area (Å²) < 4.78 is 64.1. The fourth-order valence-electron chi connectivity index (χ4n) is 4.04. The minimum Gasteiger partial charge on any atom is -0.321 e. The number of nitrogens with one attached hydrogen (secondary N) is 1. The first-order chi connectivity index (χ1) is 13.6. The molecule has 2 heterocycles. The van der Waals surface area contributed by atoms with E-state index in [0.717, 1.165) is 36.2 Å². The van der Waals surface area contributed by atoms with Gasteiger partial charge in [-0.1, -0.05) is 6.07 Å². The quantitative estimate of drug-likeness (QED) is 0.814. The molecule has 10 heteroatoms. The first-order valence-electron chi connectivity index (χ1n) is 9.43. The number of alkyl halides is 3. The van der Waals surface area contributed by atoms with Gasteiger partial charge in [-0.05, 0) is 50.3 Å². The molecule has 1 saturated heterocycles. The first-order valence-corrected chi connectivity index (χ1v) is 11.3. The van der Waals surface area contributed by atoms with Crippen LogP contribution in [-0.2, 0) is 28.9 Å². The SMILES string of the molecule is O=C(Nc1cccc(C(F)(F)F)c1)c1nn([C@@H]2CCS(=O)(=O)C2)c2c1CCCC2. The van der Waals surface area contributed by atoms with Crippen LogP contribution in [0.25, 0.3) is 0 Å². The molecule has 0 unspecified atom stereocenters. The summed E-state index contributed by atoms with van der Waals surface area (Å²) in [6, 6.07) is 4.13. The van der Waals surface area contributed by atoms with Crippen LogP contribution in [0, 0.1) is 0 Å². The summed E-state index contributed by atoms with van der Waals surface area (Å²) >= 11 is 0. The summed E-state index contributed by atoms with van der Waals surface area (Å²) in [6.07, 6.45) is -0.908. The first kappa shape index (κ1) is 19.9. The second-order valence-corrected chi connectivity index (χ2v) is 9.74. The van der Waals surface area contributed by atoms with Gasteiger partial charge in [0.25, 0.3) is 5.91 Å². The zero-order valence-corrected chi connectivity index (χ0v) is 16.3. The second-order valence-electron chi connectivity index (χ2n) is 7.52. The van der Waals surface area contributed by atoms with E-state index in [-0.39, 0.29) is 28.9 Å². The number of anilines is 1. The number of nitrogens with zero attached hydrogens (tertiary/aromatic N) is 2. The van der Waals surface area contributed by atoms with E-state index in [9.17, 15) is 26.4 Å². The summed E-state index contributed by atoms with van der Waals surface area (Å²) in [4.78, 5) is 12.8. The summed E-state index contributed by atoms with van der Waals surface area (Å²) in [7, 11) is -3.12. The van der Waals surface area contributed by atoms with E-state index in [0.29, 0.717) is 19.3 Å². The molecule has 1 aliphatic heterocycles. The fraction of sp³-hybridized carbons (Fsp3) is 0.474. The summed E-state index contributed by atoms with van der Waals surface area (Å²) in [5.41, 5.74) is 0.991. The number of carbonyl (C=O) groups excluding carboxylic acids is 1. The number of halogens is 3. The Hall–Kier alpha value is -2.36. The Labute approximate surface area is 166 Å². The Balaban J connectivity index is 1.64. The molecular weight excluding hydrogens is 407 g/mol. The summed E-state index contributed by atoms with van der Waals surface area (Å²) in [5, 5.41) is 6.93. The lowest BCUT2D eigenvalue weighted by atomic mass is 9.95. The van der Waals surface area contributed by atoms with Crippen molar-refractivity contribution in [2.45, 2.75) is 44.3 Å². The Morgan fingerprint density at radius 2 is 1.97 bits per heavy atom. The third-order valence-electron chi connectivity index (χ3n) is 5.43. The van der Waals surface area contributed by atoms with Crippen LogP contribution in [0.5, 0.6) is 0 Å². The van der Waals surface area contributed by atoms with Crippen LogP contribution < -0.4 is 5.32 Å². The Morgan fingerprint density at radius 3 is 2.66 bits per heavy atom. The highest BCUT2D eigenvalue weighted by Crippen LogP contribution is 2.33. The topological polar surface area (TPSA) is 81.1 Å². The largest absolute Gasteiger partial charge is 0.416 e. The summed E-state index contributed by atoms with van der Waals surface area (Å²) in [5.74, 6) is -0.490. The van der Waals surface area contributed by atoms with Crippen molar-refractivity contribution in [3.63, 3.8) is 0 Å². The van der Waals surface area contributed by atoms with E-state index in [4.69, 9.17) is 0 Å². The van der Waals surface area contributed by atoms with Gasteiger partial charge in [0, 0.05) is 16.9 Å². The number of amides is 1. The Morgan fingerprint density at radius 1 is 1.21 bits per heavy atom. The molecule has 0 spiro atoms. The minimum atomic E-state index is -4.50. The van der Waals surface area contributed by atoms with Crippen molar-refractivity contribution in [2.75, 3.05) is 16.8 Å². The molecule has 2 aliphatic rings. The highest BCUT2D eigenvalue weighted by molar-refractivity contribution is 7.91. The number of aromatic nitrogens is 2.